The predicted molar refractivity (Wildman–Crippen MR) is 125 cm³/mol. The molecule has 3 amide bonds. The quantitative estimate of drug-likeness (QED) is 0.445. The predicted octanol–water partition coefficient (Wildman–Crippen LogP) is 2.37. The number of amides is 3. The summed E-state index contributed by atoms with van der Waals surface area (Å²) in [5.41, 5.74) is 1.91. The molecule has 1 aliphatic carbocycles. The van der Waals surface area contributed by atoms with Crippen molar-refractivity contribution >= 4 is 39.1 Å². The molecular formula is C23H28N4O5S. The Morgan fingerprint density at radius 3 is 2.30 bits per heavy atom. The first-order valence-corrected chi connectivity index (χ1v) is 12.2. The molecule has 0 unspecified atom stereocenters. The lowest BCUT2D eigenvalue weighted by Gasteiger charge is -2.24. The second-order valence-electron chi connectivity index (χ2n) is 8.08. The van der Waals surface area contributed by atoms with Crippen molar-refractivity contribution in [2.24, 2.45) is 5.92 Å². The summed E-state index contributed by atoms with van der Waals surface area (Å²) >= 11 is 0. The molecule has 0 saturated heterocycles. The molecule has 0 aromatic heterocycles. The zero-order valence-corrected chi connectivity index (χ0v) is 19.4. The third-order valence-corrected chi connectivity index (χ3v) is 6.90. The molecule has 2 aromatic carbocycles. The molecule has 176 valence electrons. The van der Waals surface area contributed by atoms with Crippen LogP contribution in [0, 0.1) is 5.92 Å². The highest BCUT2D eigenvalue weighted by molar-refractivity contribution is 7.89. The minimum absolute atomic E-state index is 0.00979. The van der Waals surface area contributed by atoms with Gasteiger partial charge in [0.05, 0.1) is 10.9 Å². The fourth-order valence-corrected chi connectivity index (χ4v) is 4.49. The Labute approximate surface area is 193 Å². The van der Waals surface area contributed by atoms with E-state index in [2.05, 4.69) is 20.7 Å². The first-order valence-electron chi connectivity index (χ1n) is 10.7. The standard InChI is InChI=1S/C23H28N4O5S/c1-15(27-33(31,32)21-11-9-19(10-12-21)25-16(2)28)22(29)24-14-17-5-3-8-20(13-17)26-23(30)18-6-4-7-18/h3,5,8-13,15,18,27H,4,6-7,14H2,1-2H3,(H,24,29)(H,25,28)(H,26,30)/t15-/m0/s1. The van der Waals surface area contributed by atoms with Crippen LogP contribution in [0.25, 0.3) is 0 Å². The van der Waals surface area contributed by atoms with Gasteiger partial charge in [0.15, 0.2) is 0 Å². The Morgan fingerprint density at radius 2 is 1.70 bits per heavy atom. The molecule has 1 fully saturated rings. The van der Waals surface area contributed by atoms with Crippen LogP contribution < -0.4 is 20.7 Å². The molecule has 10 heteroatoms. The molecule has 3 rings (SSSR count). The fourth-order valence-electron chi connectivity index (χ4n) is 3.29. The van der Waals surface area contributed by atoms with Crippen LogP contribution in [0.3, 0.4) is 0 Å². The van der Waals surface area contributed by atoms with Gasteiger partial charge in [0.1, 0.15) is 0 Å². The van der Waals surface area contributed by atoms with E-state index in [0.717, 1.165) is 24.8 Å². The fraction of sp³-hybridized carbons (Fsp3) is 0.348. The van der Waals surface area contributed by atoms with E-state index in [-0.39, 0.29) is 29.2 Å². The van der Waals surface area contributed by atoms with Crippen molar-refractivity contribution in [1.82, 2.24) is 10.0 Å². The van der Waals surface area contributed by atoms with Crippen molar-refractivity contribution in [3.05, 3.63) is 54.1 Å². The normalized spacial score (nSPS) is 14.6. The van der Waals surface area contributed by atoms with Crippen molar-refractivity contribution in [2.45, 2.75) is 50.6 Å². The van der Waals surface area contributed by atoms with Gasteiger partial charge in [-0.05, 0) is 61.7 Å². The van der Waals surface area contributed by atoms with Crippen LogP contribution in [-0.2, 0) is 31.0 Å². The summed E-state index contributed by atoms with van der Waals surface area (Å²) in [5.74, 6) is -0.669. The van der Waals surface area contributed by atoms with Crippen molar-refractivity contribution in [3.8, 4) is 0 Å². The molecule has 9 nitrogen and oxygen atoms in total. The lowest BCUT2D eigenvalue weighted by Crippen LogP contribution is -2.44. The average Bonchev–Trinajstić information content (AvgIpc) is 2.70. The van der Waals surface area contributed by atoms with Gasteiger partial charge in [0, 0.05) is 30.8 Å². The summed E-state index contributed by atoms with van der Waals surface area (Å²) in [6, 6.07) is 11.8. The summed E-state index contributed by atoms with van der Waals surface area (Å²) in [7, 11) is -3.93. The first-order chi connectivity index (χ1) is 15.6. The van der Waals surface area contributed by atoms with Gasteiger partial charge in [-0.3, -0.25) is 14.4 Å². The lowest BCUT2D eigenvalue weighted by molar-refractivity contribution is -0.123. The number of hydrogen-bond donors (Lipinski definition) is 4. The van der Waals surface area contributed by atoms with Gasteiger partial charge in [-0.2, -0.15) is 4.72 Å². The van der Waals surface area contributed by atoms with Gasteiger partial charge < -0.3 is 16.0 Å². The maximum absolute atomic E-state index is 12.6. The molecular weight excluding hydrogens is 444 g/mol. The number of benzene rings is 2. The van der Waals surface area contributed by atoms with E-state index in [1.165, 1.54) is 38.1 Å². The number of rotatable bonds is 9. The molecule has 0 spiro atoms. The minimum atomic E-state index is -3.93. The van der Waals surface area contributed by atoms with Gasteiger partial charge in [0.25, 0.3) is 0 Å². The number of anilines is 2. The second kappa shape index (κ2) is 10.6. The number of sulfonamides is 1. The third-order valence-electron chi connectivity index (χ3n) is 5.35. The van der Waals surface area contributed by atoms with Crippen LogP contribution in [0.5, 0.6) is 0 Å². The number of hydrogen-bond acceptors (Lipinski definition) is 5. The van der Waals surface area contributed by atoms with Crippen molar-refractivity contribution in [1.29, 1.82) is 0 Å². The van der Waals surface area contributed by atoms with Crippen LogP contribution in [0.2, 0.25) is 0 Å². The maximum Gasteiger partial charge on any atom is 0.241 e. The van der Waals surface area contributed by atoms with E-state index in [4.69, 9.17) is 0 Å². The van der Waals surface area contributed by atoms with Gasteiger partial charge in [0.2, 0.25) is 27.7 Å². The van der Waals surface area contributed by atoms with Crippen molar-refractivity contribution in [3.63, 3.8) is 0 Å². The topological polar surface area (TPSA) is 133 Å². The molecule has 0 radical (unpaired) electrons. The lowest BCUT2D eigenvalue weighted by atomic mass is 9.85. The van der Waals surface area contributed by atoms with Gasteiger partial charge in [-0.1, -0.05) is 18.6 Å². The first kappa shape index (κ1) is 24.4. The smallest absolute Gasteiger partial charge is 0.241 e. The molecule has 2 aromatic rings. The largest absolute Gasteiger partial charge is 0.351 e. The molecule has 0 bridgehead atoms. The summed E-state index contributed by atoms with van der Waals surface area (Å²) < 4.78 is 27.5. The van der Waals surface area contributed by atoms with E-state index in [9.17, 15) is 22.8 Å². The van der Waals surface area contributed by atoms with Crippen molar-refractivity contribution < 1.29 is 22.8 Å². The van der Waals surface area contributed by atoms with E-state index in [1.54, 1.807) is 18.2 Å². The van der Waals surface area contributed by atoms with Gasteiger partial charge >= 0.3 is 0 Å². The highest BCUT2D eigenvalue weighted by atomic mass is 32.2. The van der Waals surface area contributed by atoms with E-state index in [1.807, 2.05) is 6.07 Å². The molecule has 0 aliphatic heterocycles. The Bertz CT molecular complexity index is 1130. The second-order valence-corrected chi connectivity index (χ2v) is 9.80. The highest BCUT2D eigenvalue weighted by Crippen LogP contribution is 2.27. The zero-order valence-electron chi connectivity index (χ0n) is 18.6. The molecule has 1 saturated carbocycles. The summed E-state index contributed by atoms with van der Waals surface area (Å²) in [6.07, 6.45) is 2.90. The zero-order chi connectivity index (χ0) is 24.0. The molecule has 0 heterocycles. The van der Waals surface area contributed by atoms with Crippen molar-refractivity contribution in [2.75, 3.05) is 10.6 Å². The Morgan fingerprint density at radius 1 is 1.00 bits per heavy atom. The van der Waals surface area contributed by atoms with Crippen LogP contribution >= 0.6 is 0 Å². The maximum atomic E-state index is 12.6. The third kappa shape index (κ3) is 6.87. The van der Waals surface area contributed by atoms with E-state index in [0.29, 0.717) is 11.4 Å². The molecule has 1 aliphatic rings. The number of carbonyl (C=O) groups is 3. The SMILES string of the molecule is CC(=O)Nc1ccc(S(=O)(=O)N[C@@H](C)C(=O)NCc2cccc(NC(=O)C3CCC3)c2)cc1. The monoisotopic (exact) mass is 472 g/mol. The number of carbonyl (C=O) groups excluding carboxylic acids is 3. The summed E-state index contributed by atoms with van der Waals surface area (Å²) in [6.45, 7) is 2.99. The molecule has 4 N–H and O–H groups in total. The number of nitrogens with one attached hydrogen (secondary N) is 4. The highest BCUT2D eigenvalue weighted by Gasteiger charge is 2.25. The average molecular weight is 473 g/mol. The molecule has 1 atom stereocenters. The van der Waals surface area contributed by atoms with Crippen LogP contribution in [0.15, 0.2) is 53.4 Å². The minimum Gasteiger partial charge on any atom is -0.351 e. The summed E-state index contributed by atoms with van der Waals surface area (Å²) in [4.78, 5) is 35.6. The van der Waals surface area contributed by atoms with E-state index >= 15 is 0 Å². The Balaban J connectivity index is 1.53. The van der Waals surface area contributed by atoms with Crippen LogP contribution in [-0.4, -0.2) is 32.2 Å². The Kier molecular flexibility index (Phi) is 7.83. The Hall–Kier alpha value is -3.24. The van der Waals surface area contributed by atoms with Gasteiger partial charge in [-0.25, -0.2) is 8.42 Å². The summed E-state index contributed by atoms with van der Waals surface area (Å²) in [5, 5.41) is 8.15. The van der Waals surface area contributed by atoms with Gasteiger partial charge in [-0.15, -0.1) is 0 Å². The molecule has 33 heavy (non-hydrogen) atoms. The van der Waals surface area contributed by atoms with Crippen LogP contribution in [0.1, 0.15) is 38.7 Å². The van der Waals surface area contributed by atoms with E-state index < -0.39 is 22.0 Å². The van der Waals surface area contributed by atoms with Crippen LogP contribution in [0.4, 0.5) is 11.4 Å².